The van der Waals surface area contributed by atoms with Crippen LogP contribution in [0.15, 0.2) is 36.4 Å². The molecule has 0 atom stereocenters. The summed E-state index contributed by atoms with van der Waals surface area (Å²) in [4.78, 5) is 24.4. The van der Waals surface area contributed by atoms with Crippen molar-refractivity contribution in [1.29, 1.82) is 0 Å². The fraction of sp³-hybridized carbons (Fsp3) is 0.333. The lowest BCUT2D eigenvalue weighted by Gasteiger charge is -2.19. The third-order valence-electron chi connectivity index (χ3n) is 4.55. The topological polar surface area (TPSA) is 67.4 Å². The van der Waals surface area contributed by atoms with Gasteiger partial charge in [-0.25, -0.2) is 4.39 Å². The maximum absolute atomic E-state index is 14.6. The highest BCUT2D eigenvalue weighted by molar-refractivity contribution is 6.00. The summed E-state index contributed by atoms with van der Waals surface area (Å²) in [6.07, 6.45) is 0.668. The molecule has 0 saturated carbocycles. The number of amides is 1. The second-order valence-electron chi connectivity index (χ2n) is 6.42. The SMILES string of the molecule is CCOc1ccc(C(=O)CCC(=O)Nc2ccc3c(c2F)CCNC3)cc1. The maximum Gasteiger partial charge on any atom is 0.224 e. The standard InChI is InChI=1S/C21H23FN2O3/c1-2-27-16-6-3-14(4-7-16)19(25)9-10-20(26)24-18-8-5-15-13-23-12-11-17(15)21(18)22/h3-8,23H,2,9-13H2,1H3,(H,24,26). The average molecular weight is 370 g/mol. The molecule has 0 aliphatic carbocycles. The number of hydrogen-bond acceptors (Lipinski definition) is 4. The third-order valence-corrected chi connectivity index (χ3v) is 4.55. The lowest BCUT2D eigenvalue weighted by atomic mass is 9.99. The summed E-state index contributed by atoms with van der Waals surface area (Å²) < 4.78 is 19.9. The molecule has 0 radical (unpaired) electrons. The zero-order valence-corrected chi connectivity index (χ0v) is 15.3. The van der Waals surface area contributed by atoms with Crippen molar-refractivity contribution in [3.05, 3.63) is 58.9 Å². The molecule has 1 aliphatic heterocycles. The summed E-state index contributed by atoms with van der Waals surface area (Å²) in [7, 11) is 0. The van der Waals surface area contributed by atoms with Gasteiger partial charge >= 0.3 is 0 Å². The number of hydrogen-bond donors (Lipinski definition) is 2. The van der Waals surface area contributed by atoms with Crippen molar-refractivity contribution >= 4 is 17.4 Å². The Labute approximate surface area is 157 Å². The van der Waals surface area contributed by atoms with Gasteiger partial charge in [-0.15, -0.1) is 0 Å². The van der Waals surface area contributed by atoms with E-state index in [0.717, 1.165) is 12.1 Å². The summed E-state index contributed by atoms with van der Waals surface area (Å²) >= 11 is 0. The number of nitrogens with one attached hydrogen (secondary N) is 2. The molecule has 5 nitrogen and oxygen atoms in total. The lowest BCUT2D eigenvalue weighted by molar-refractivity contribution is -0.116. The van der Waals surface area contributed by atoms with Gasteiger partial charge in [-0.2, -0.15) is 0 Å². The zero-order chi connectivity index (χ0) is 19.2. The fourth-order valence-corrected chi connectivity index (χ4v) is 3.12. The summed E-state index contributed by atoms with van der Waals surface area (Å²) in [5.41, 5.74) is 2.27. The first kappa shape index (κ1) is 19.0. The minimum atomic E-state index is -0.375. The number of anilines is 1. The van der Waals surface area contributed by atoms with Crippen LogP contribution < -0.4 is 15.4 Å². The zero-order valence-electron chi connectivity index (χ0n) is 15.3. The second-order valence-corrected chi connectivity index (χ2v) is 6.42. The monoisotopic (exact) mass is 370 g/mol. The molecule has 0 spiro atoms. The van der Waals surface area contributed by atoms with Crippen LogP contribution in [0.25, 0.3) is 0 Å². The van der Waals surface area contributed by atoms with Crippen molar-refractivity contribution in [2.45, 2.75) is 32.7 Å². The van der Waals surface area contributed by atoms with E-state index in [9.17, 15) is 14.0 Å². The Morgan fingerprint density at radius 3 is 2.67 bits per heavy atom. The molecule has 142 valence electrons. The summed E-state index contributed by atoms with van der Waals surface area (Å²) in [6.45, 7) is 3.80. The van der Waals surface area contributed by atoms with Gasteiger partial charge in [0.05, 0.1) is 12.3 Å². The van der Waals surface area contributed by atoms with Crippen LogP contribution in [-0.2, 0) is 17.8 Å². The van der Waals surface area contributed by atoms with Crippen LogP contribution in [0.3, 0.4) is 0 Å². The Balaban J connectivity index is 1.56. The van der Waals surface area contributed by atoms with E-state index in [1.54, 1.807) is 30.3 Å². The van der Waals surface area contributed by atoms with Gasteiger partial charge < -0.3 is 15.4 Å². The van der Waals surface area contributed by atoms with Gasteiger partial charge in [-0.1, -0.05) is 6.07 Å². The van der Waals surface area contributed by atoms with Crippen LogP contribution in [0.4, 0.5) is 10.1 Å². The maximum atomic E-state index is 14.6. The van der Waals surface area contributed by atoms with E-state index >= 15 is 0 Å². The number of ketones is 1. The van der Waals surface area contributed by atoms with Crippen molar-refractivity contribution in [2.24, 2.45) is 0 Å². The predicted molar refractivity (Wildman–Crippen MR) is 102 cm³/mol. The number of carbonyl (C=O) groups excluding carboxylic acids is 2. The molecule has 0 saturated heterocycles. The molecule has 2 aromatic rings. The highest BCUT2D eigenvalue weighted by Crippen LogP contribution is 2.24. The van der Waals surface area contributed by atoms with E-state index in [0.29, 0.717) is 36.4 Å². The van der Waals surface area contributed by atoms with Crippen LogP contribution in [0.1, 0.15) is 41.3 Å². The first-order valence-electron chi connectivity index (χ1n) is 9.15. The normalized spacial score (nSPS) is 13.0. The highest BCUT2D eigenvalue weighted by Gasteiger charge is 2.18. The molecule has 2 N–H and O–H groups in total. The number of halogens is 1. The van der Waals surface area contributed by atoms with Crippen LogP contribution in [-0.4, -0.2) is 24.8 Å². The number of rotatable bonds is 7. The van der Waals surface area contributed by atoms with E-state index in [2.05, 4.69) is 10.6 Å². The smallest absolute Gasteiger partial charge is 0.224 e. The largest absolute Gasteiger partial charge is 0.494 e. The lowest BCUT2D eigenvalue weighted by Crippen LogP contribution is -2.25. The van der Waals surface area contributed by atoms with Crippen LogP contribution in [0.5, 0.6) is 5.75 Å². The van der Waals surface area contributed by atoms with Crippen molar-refractivity contribution in [3.8, 4) is 5.75 Å². The van der Waals surface area contributed by atoms with E-state index < -0.39 is 0 Å². The Morgan fingerprint density at radius 1 is 1.15 bits per heavy atom. The van der Waals surface area contributed by atoms with Crippen molar-refractivity contribution in [2.75, 3.05) is 18.5 Å². The van der Waals surface area contributed by atoms with Crippen molar-refractivity contribution in [3.63, 3.8) is 0 Å². The van der Waals surface area contributed by atoms with Gasteiger partial charge in [0.1, 0.15) is 11.6 Å². The number of fused-ring (bicyclic) bond motifs is 1. The molecule has 2 aromatic carbocycles. The molecule has 3 rings (SSSR count). The van der Waals surface area contributed by atoms with Gasteiger partial charge in [0.15, 0.2) is 5.78 Å². The summed E-state index contributed by atoms with van der Waals surface area (Å²) in [5, 5.41) is 5.77. The Kier molecular flexibility index (Phi) is 6.19. The van der Waals surface area contributed by atoms with Crippen molar-refractivity contribution < 1.29 is 18.7 Å². The Morgan fingerprint density at radius 2 is 1.93 bits per heavy atom. The van der Waals surface area contributed by atoms with Gasteiger partial charge in [-0.05, 0) is 61.3 Å². The van der Waals surface area contributed by atoms with E-state index in [-0.39, 0.29) is 36.0 Å². The fourth-order valence-electron chi connectivity index (χ4n) is 3.12. The van der Waals surface area contributed by atoms with E-state index in [1.165, 1.54) is 0 Å². The summed E-state index contributed by atoms with van der Waals surface area (Å²) in [6, 6.07) is 10.2. The minimum Gasteiger partial charge on any atom is -0.494 e. The molecule has 0 bridgehead atoms. The average Bonchev–Trinajstić information content (AvgIpc) is 2.69. The Bertz CT molecular complexity index is 834. The number of ether oxygens (including phenoxy) is 1. The third kappa shape index (κ3) is 4.71. The quantitative estimate of drug-likeness (QED) is 0.733. The van der Waals surface area contributed by atoms with Gasteiger partial charge in [0.25, 0.3) is 0 Å². The summed E-state index contributed by atoms with van der Waals surface area (Å²) in [5.74, 6) is -0.183. The van der Waals surface area contributed by atoms with Crippen LogP contribution >= 0.6 is 0 Å². The molecule has 6 heteroatoms. The highest BCUT2D eigenvalue weighted by atomic mass is 19.1. The molecular formula is C21H23FN2O3. The van der Waals surface area contributed by atoms with Crippen LogP contribution in [0.2, 0.25) is 0 Å². The first-order chi connectivity index (χ1) is 13.1. The van der Waals surface area contributed by atoms with Crippen molar-refractivity contribution in [1.82, 2.24) is 5.32 Å². The van der Waals surface area contributed by atoms with Crippen LogP contribution in [0, 0.1) is 5.82 Å². The van der Waals surface area contributed by atoms with Gasteiger partial charge in [0.2, 0.25) is 5.91 Å². The molecule has 1 heterocycles. The number of Topliss-reactive ketones (excluding diaryl/α,β-unsaturated/α-hetero) is 1. The second kappa shape index (κ2) is 8.77. The molecule has 0 aromatic heterocycles. The molecule has 27 heavy (non-hydrogen) atoms. The molecule has 0 unspecified atom stereocenters. The predicted octanol–water partition coefficient (Wildman–Crippen LogP) is 3.47. The van der Waals surface area contributed by atoms with E-state index in [1.807, 2.05) is 13.0 Å². The van der Waals surface area contributed by atoms with Gasteiger partial charge in [-0.3, -0.25) is 9.59 Å². The van der Waals surface area contributed by atoms with Gasteiger partial charge in [0, 0.05) is 24.9 Å². The molecule has 0 fully saturated rings. The minimum absolute atomic E-state index is 0.00409. The number of benzene rings is 2. The molecular weight excluding hydrogens is 347 g/mol. The Hall–Kier alpha value is -2.73. The molecule has 1 aliphatic rings. The van der Waals surface area contributed by atoms with E-state index in [4.69, 9.17) is 4.74 Å². The number of carbonyl (C=O) groups is 2. The first-order valence-corrected chi connectivity index (χ1v) is 9.15. The molecule has 1 amide bonds.